The van der Waals surface area contributed by atoms with Gasteiger partial charge in [0.1, 0.15) is 17.6 Å². The molecule has 3 aromatic rings. The number of rotatable bonds is 6. The Bertz CT molecular complexity index is 786. The van der Waals surface area contributed by atoms with Crippen molar-refractivity contribution in [2.75, 3.05) is 6.61 Å². The molecular weight excluding hydrogens is 294 g/mol. The highest BCUT2D eigenvalue weighted by molar-refractivity contribution is 5.77. The van der Waals surface area contributed by atoms with Gasteiger partial charge in [-0.05, 0) is 30.2 Å². The highest BCUT2D eigenvalue weighted by Gasteiger charge is 2.22. The molecule has 0 aliphatic heterocycles. The largest absolute Gasteiger partial charge is 0.459 e. The van der Waals surface area contributed by atoms with Crippen molar-refractivity contribution in [2.45, 2.75) is 19.6 Å². The van der Waals surface area contributed by atoms with Gasteiger partial charge in [0, 0.05) is 6.61 Å². The number of aromatic nitrogens is 3. The Morgan fingerprint density at radius 1 is 1.13 bits per heavy atom. The van der Waals surface area contributed by atoms with Gasteiger partial charge in [-0.15, -0.1) is 0 Å². The Kier molecular flexibility index (Phi) is 4.63. The smallest absolute Gasteiger partial charge is 0.340 e. The summed E-state index contributed by atoms with van der Waals surface area (Å²) in [5.74, 6) is -0.404. The monoisotopic (exact) mass is 311 g/mol. The molecule has 118 valence electrons. The molecule has 0 saturated heterocycles. The Labute approximate surface area is 133 Å². The first kappa shape index (κ1) is 15.2. The molecule has 2 aromatic carbocycles. The summed E-state index contributed by atoms with van der Waals surface area (Å²) in [7, 11) is 0. The molecule has 0 radical (unpaired) electrons. The first-order valence-corrected chi connectivity index (χ1v) is 7.40. The summed E-state index contributed by atoms with van der Waals surface area (Å²) < 4.78 is 10.9. The maximum absolute atomic E-state index is 12.3. The Morgan fingerprint density at radius 3 is 2.70 bits per heavy atom. The summed E-state index contributed by atoms with van der Waals surface area (Å²) in [6.07, 6.45) is -0.711. The normalized spacial score (nSPS) is 12.2. The Morgan fingerprint density at radius 2 is 1.91 bits per heavy atom. The van der Waals surface area contributed by atoms with Gasteiger partial charge in [0.2, 0.25) is 0 Å². The van der Waals surface area contributed by atoms with E-state index in [-0.39, 0.29) is 6.61 Å². The molecule has 1 N–H and O–H groups in total. The van der Waals surface area contributed by atoms with Crippen molar-refractivity contribution < 1.29 is 14.3 Å². The molecule has 0 saturated carbocycles. The number of nitrogens with zero attached hydrogens (tertiary/aromatic N) is 2. The zero-order valence-corrected chi connectivity index (χ0v) is 12.7. The third-order valence-corrected chi connectivity index (χ3v) is 3.41. The van der Waals surface area contributed by atoms with E-state index in [4.69, 9.17) is 9.47 Å². The van der Waals surface area contributed by atoms with Gasteiger partial charge in [-0.1, -0.05) is 36.4 Å². The fraction of sp³-hybridized carbons (Fsp3) is 0.235. The lowest BCUT2D eigenvalue weighted by molar-refractivity contribution is -0.158. The van der Waals surface area contributed by atoms with Gasteiger partial charge >= 0.3 is 5.97 Å². The average Bonchev–Trinajstić information content (AvgIpc) is 3.06. The van der Waals surface area contributed by atoms with Crippen LogP contribution in [-0.2, 0) is 20.9 Å². The number of ether oxygens (including phenoxy) is 2. The number of nitrogens with one attached hydrogen (secondary N) is 1. The van der Waals surface area contributed by atoms with E-state index < -0.39 is 12.1 Å². The van der Waals surface area contributed by atoms with Crippen molar-refractivity contribution in [2.24, 2.45) is 0 Å². The third kappa shape index (κ3) is 3.54. The number of carbonyl (C=O) groups is 1. The van der Waals surface area contributed by atoms with Crippen molar-refractivity contribution in [1.82, 2.24) is 15.4 Å². The van der Waals surface area contributed by atoms with Crippen LogP contribution in [0.2, 0.25) is 0 Å². The van der Waals surface area contributed by atoms with E-state index in [0.717, 1.165) is 22.2 Å². The predicted molar refractivity (Wildman–Crippen MR) is 84.5 cm³/mol. The van der Waals surface area contributed by atoms with Crippen LogP contribution >= 0.6 is 0 Å². The van der Waals surface area contributed by atoms with Crippen LogP contribution in [-0.4, -0.2) is 28.0 Å². The van der Waals surface area contributed by atoms with Crippen LogP contribution in [0.25, 0.3) is 11.0 Å². The van der Waals surface area contributed by atoms with E-state index in [1.807, 2.05) is 55.5 Å². The van der Waals surface area contributed by atoms with Crippen LogP contribution in [0, 0.1) is 0 Å². The lowest BCUT2D eigenvalue weighted by atomic mass is 10.1. The second-order valence-electron chi connectivity index (χ2n) is 5.00. The number of benzene rings is 2. The first-order valence-electron chi connectivity index (χ1n) is 7.40. The number of esters is 1. The SMILES string of the molecule is CCO[C@@H](C(=O)OCc1ccc2n[nH]nc2c1)c1ccccc1. The maximum Gasteiger partial charge on any atom is 0.340 e. The van der Waals surface area contributed by atoms with Crippen LogP contribution in [0.4, 0.5) is 0 Å². The average molecular weight is 311 g/mol. The summed E-state index contributed by atoms with van der Waals surface area (Å²) >= 11 is 0. The summed E-state index contributed by atoms with van der Waals surface area (Å²) in [5.41, 5.74) is 3.15. The van der Waals surface area contributed by atoms with Gasteiger partial charge < -0.3 is 9.47 Å². The van der Waals surface area contributed by atoms with Crippen LogP contribution in [0.3, 0.4) is 0 Å². The number of fused-ring (bicyclic) bond motifs is 1. The van der Waals surface area contributed by atoms with Gasteiger partial charge in [-0.3, -0.25) is 0 Å². The number of H-pyrrole nitrogens is 1. The maximum atomic E-state index is 12.3. The summed E-state index contributed by atoms with van der Waals surface area (Å²) in [6.45, 7) is 2.44. The number of hydrogen-bond donors (Lipinski definition) is 1. The molecule has 23 heavy (non-hydrogen) atoms. The van der Waals surface area contributed by atoms with E-state index in [2.05, 4.69) is 15.4 Å². The molecule has 0 bridgehead atoms. The van der Waals surface area contributed by atoms with Crippen LogP contribution < -0.4 is 0 Å². The van der Waals surface area contributed by atoms with E-state index in [9.17, 15) is 4.79 Å². The predicted octanol–water partition coefficient (Wildman–Crippen LogP) is 2.78. The van der Waals surface area contributed by atoms with Crippen molar-refractivity contribution in [1.29, 1.82) is 0 Å². The zero-order chi connectivity index (χ0) is 16.1. The van der Waals surface area contributed by atoms with Crippen LogP contribution in [0.1, 0.15) is 24.2 Å². The van der Waals surface area contributed by atoms with E-state index >= 15 is 0 Å². The van der Waals surface area contributed by atoms with E-state index in [0.29, 0.717) is 6.61 Å². The quantitative estimate of drug-likeness (QED) is 0.708. The topological polar surface area (TPSA) is 77.1 Å². The highest BCUT2D eigenvalue weighted by Crippen LogP contribution is 2.20. The minimum absolute atomic E-state index is 0.165. The molecule has 0 fully saturated rings. The molecule has 6 heteroatoms. The molecule has 0 aliphatic rings. The number of carbonyl (C=O) groups excluding carboxylic acids is 1. The fourth-order valence-electron chi connectivity index (χ4n) is 2.30. The molecule has 0 spiro atoms. The minimum atomic E-state index is -0.711. The second kappa shape index (κ2) is 7.02. The molecule has 1 aromatic heterocycles. The van der Waals surface area contributed by atoms with Gasteiger partial charge in [0.05, 0.1) is 0 Å². The molecule has 6 nitrogen and oxygen atoms in total. The van der Waals surface area contributed by atoms with Gasteiger partial charge in [0.25, 0.3) is 0 Å². The van der Waals surface area contributed by atoms with Crippen molar-refractivity contribution in [3.63, 3.8) is 0 Å². The number of hydrogen-bond acceptors (Lipinski definition) is 5. The summed E-state index contributed by atoms with van der Waals surface area (Å²) in [4.78, 5) is 12.3. The Hall–Kier alpha value is -2.73. The lowest BCUT2D eigenvalue weighted by Crippen LogP contribution is -2.19. The number of aromatic amines is 1. The molecule has 0 amide bonds. The molecule has 1 heterocycles. The zero-order valence-electron chi connectivity index (χ0n) is 12.7. The van der Waals surface area contributed by atoms with E-state index in [1.54, 1.807) is 0 Å². The standard InChI is InChI=1S/C17H17N3O3/c1-2-22-16(13-6-4-3-5-7-13)17(21)23-11-12-8-9-14-15(10-12)19-20-18-14/h3-10,16H,2,11H2,1H3,(H,18,19,20)/t16-/m1/s1. The van der Waals surface area contributed by atoms with Crippen molar-refractivity contribution in [3.05, 3.63) is 59.7 Å². The minimum Gasteiger partial charge on any atom is -0.459 e. The molecule has 0 unspecified atom stereocenters. The molecule has 0 aliphatic carbocycles. The lowest BCUT2D eigenvalue weighted by Gasteiger charge is -2.16. The second-order valence-corrected chi connectivity index (χ2v) is 5.00. The van der Waals surface area contributed by atoms with Gasteiger partial charge in [-0.2, -0.15) is 15.4 Å². The van der Waals surface area contributed by atoms with Gasteiger partial charge in [-0.25, -0.2) is 4.79 Å². The van der Waals surface area contributed by atoms with E-state index in [1.165, 1.54) is 0 Å². The fourth-order valence-corrected chi connectivity index (χ4v) is 2.30. The van der Waals surface area contributed by atoms with Crippen LogP contribution in [0.15, 0.2) is 48.5 Å². The third-order valence-electron chi connectivity index (χ3n) is 3.41. The Balaban J connectivity index is 1.69. The highest BCUT2D eigenvalue weighted by atomic mass is 16.6. The summed E-state index contributed by atoms with van der Waals surface area (Å²) in [5, 5.41) is 10.6. The van der Waals surface area contributed by atoms with Crippen molar-refractivity contribution in [3.8, 4) is 0 Å². The van der Waals surface area contributed by atoms with Crippen LogP contribution in [0.5, 0.6) is 0 Å². The van der Waals surface area contributed by atoms with Gasteiger partial charge in [0.15, 0.2) is 6.10 Å². The molecule has 1 atom stereocenters. The molecule has 3 rings (SSSR count). The molecular formula is C17H17N3O3. The first-order chi connectivity index (χ1) is 11.3. The summed E-state index contributed by atoms with van der Waals surface area (Å²) in [6, 6.07) is 14.9. The van der Waals surface area contributed by atoms with Crippen molar-refractivity contribution >= 4 is 17.0 Å².